The molecule has 2 atom stereocenters. The van der Waals surface area contributed by atoms with Crippen molar-refractivity contribution in [3.8, 4) is 0 Å². The second-order valence-corrected chi connectivity index (χ2v) is 9.50. The molecule has 8 nitrogen and oxygen atoms in total. The van der Waals surface area contributed by atoms with E-state index in [1.54, 1.807) is 5.48 Å². The number of hydroxylamine groups is 1. The molecule has 2 N–H and O–H groups in total. The molecule has 2 fully saturated rings. The van der Waals surface area contributed by atoms with Gasteiger partial charge in [-0.25, -0.2) is 15.4 Å². The van der Waals surface area contributed by atoms with Crippen molar-refractivity contribution < 1.29 is 10.0 Å². The number of piperidine rings is 1. The number of aromatic nitrogens is 2. The Bertz CT molecular complexity index is 944. The zero-order chi connectivity index (χ0) is 22.1. The van der Waals surface area contributed by atoms with Gasteiger partial charge in [0, 0.05) is 63.8 Å². The number of rotatable bonds is 5. The van der Waals surface area contributed by atoms with Crippen LogP contribution in [-0.4, -0.2) is 72.3 Å². The van der Waals surface area contributed by atoms with Crippen LogP contribution in [0.1, 0.15) is 41.1 Å². The number of benzene rings is 1. The molecule has 8 heteroatoms. The Morgan fingerprint density at radius 3 is 2.59 bits per heavy atom. The van der Waals surface area contributed by atoms with Crippen LogP contribution < -0.4 is 15.3 Å². The summed E-state index contributed by atoms with van der Waals surface area (Å²) < 4.78 is 0. The molecule has 0 saturated carbocycles. The third kappa shape index (κ3) is 4.17. The molecule has 4 heterocycles. The molecule has 2 unspecified atom stereocenters. The molecule has 2 saturated heterocycles. The standard InChI is InChI=1S/C24H32N6O2/c1-28-16-21(20-4-2-3-5-22(20)28)18-8-9-29(15-18)14-17-6-10-30(11-7-17)24-25-12-19(13-26-24)23(31)27-32/h2-5,12-13,17-18,21,32H,6-11,14-16H2,1H3,(H,27,31). The van der Waals surface area contributed by atoms with Crippen LogP contribution >= 0.6 is 0 Å². The number of hydrogen-bond donors (Lipinski definition) is 2. The smallest absolute Gasteiger partial charge is 0.277 e. The summed E-state index contributed by atoms with van der Waals surface area (Å²) in [5.74, 6) is 2.19. The lowest BCUT2D eigenvalue weighted by molar-refractivity contribution is 0.0705. The minimum atomic E-state index is -0.591. The molecule has 3 aliphatic rings. The average Bonchev–Trinajstić information content (AvgIpc) is 3.43. The van der Waals surface area contributed by atoms with Crippen molar-refractivity contribution >= 4 is 17.5 Å². The topological polar surface area (TPSA) is 84.8 Å². The Kier molecular flexibility index (Phi) is 5.97. The number of para-hydroxylation sites is 1. The van der Waals surface area contributed by atoms with Gasteiger partial charge in [0.15, 0.2) is 0 Å². The van der Waals surface area contributed by atoms with Gasteiger partial charge in [-0.15, -0.1) is 0 Å². The van der Waals surface area contributed by atoms with Crippen molar-refractivity contribution in [1.29, 1.82) is 0 Å². The Morgan fingerprint density at radius 2 is 1.84 bits per heavy atom. The van der Waals surface area contributed by atoms with Gasteiger partial charge in [-0.1, -0.05) is 18.2 Å². The van der Waals surface area contributed by atoms with Crippen molar-refractivity contribution in [2.24, 2.45) is 11.8 Å². The van der Waals surface area contributed by atoms with Crippen molar-refractivity contribution in [3.63, 3.8) is 0 Å². The van der Waals surface area contributed by atoms with Gasteiger partial charge >= 0.3 is 0 Å². The van der Waals surface area contributed by atoms with E-state index in [0.717, 1.165) is 38.4 Å². The molecular weight excluding hydrogens is 404 g/mol. The molecule has 0 radical (unpaired) electrons. The van der Waals surface area contributed by atoms with Gasteiger partial charge in [-0.3, -0.25) is 10.0 Å². The maximum Gasteiger partial charge on any atom is 0.277 e. The van der Waals surface area contributed by atoms with Crippen molar-refractivity contribution in [3.05, 3.63) is 47.8 Å². The van der Waals surface area contributed by atoms with Crippen LogP contribution in [0.4, 0.5) is 11.6 Å². The van der Waals surface area contributed by atoms with Gasteiger partial charge in [-0.2, -0.15) is 0 Å². The van der Waals surface area contributed by atoms with E-state index in [1.807, 2.05) is 0 Å². The van der Waals surface area contributed by atoms with Crippen LogP contribution in [0.3, 0.4) is 0 Å². The first-order chi connectivity index (χ1) is 15.6. The molecule has 3 aliphatic heterocycles. The predicted octanol–water partition coefficient (Wildman–Crippen LogP) is 2.37. The van der Waals surface area contributed by atoms with Crippen LogP contribution in [0.2, 0.25) is 0 Å². The SMILES string of the molecule is CN1CC(C2CCN(CC3CCN(c4ncc(C(=O)NO)cn4)CC3)C2)c2ccccc21. The lowest BCUT2D eigenvalue weighted by Crippen LogP contribution is -2.39. The molecule has 1 amide bonds. The number of nitrogens with one attached hydrogen (secondary N) is 1. The summed E-state index contributed by atoms with van der Waals surface area (Å²) in [6.45, 7) is 6.64. The highest BCUT2D eigenvalue weighted by Gasteiger charge is 2.37. The Morgan fingerprint density at radius 1 is 1.09 bits per heavy atom. The minimum absolute atomic E-state index is 0.255. The molecule has 170 valence electrons. The number of carbonyl (C=O) groups is 1. The second-order valence-electron chi connectivity index (χ2n) is 9.50. The summed E-state index contributed by atoms with van der Waals surface area (Å²) in [4.78, 5) is 27.3. The average molecular weight is 437 g/mol. The van der Waals surface area contributed by atoms with E-state index in [-0.39, 0.29) is 5.56 Å². The summed E-state index contributed by atoms with van der Waals surface area (Å²) >= 11 is 0. The van der Waals surface area contributed by atoms with Crippen LogP contribution in [0.25, 0.3) is 0 Å². The Labute approximate surface area is 189 Å². The van der Waals surface area contributed by atoms with Gasteiger partial charge < -0.3 is 14.7 Å². The van der Waals surface area contributed by atoms with Crippen molar-refractivity contribution in [2.45, 2.75) is 25.2 Å². The number of carbonyl (C=O) groups excluding carboxylic acids is 1. The van der Waals surface area contributed by atoms with E-state index in [2.05, 4.69) is 56.0 Å². The number of likely N-dealkylation sites (N-methyl/N-ethyl adjacent to an activating group) is 1. The van der Waals surface area contributed by atoms with Gasteiger partial charge in [0.25, 0.3) is 5.91 Å². The monoisotopic (exact) mass is 436 g/mol. The molecule has 0 spiro atoms. The summed E-state index contributed by atoms with van der Waals surface area (Å²) in [7, 11) is 2.22. The fourth-order valence-electron chi connectivity index (χ4n) is 5.75. The van der Waals surface area contributed by atoms with Crippen LogP contribution in [0, 0.1) is 11.8 Å². The quantitative estimate of drug-likeness (QED) is 0.550. The Hall–Kier alpha value is -2.71. The zero-order valence-electron chi connectivity index (χ0n) is 18.7. The first-order valence-electron chi connectivity index (χ1n) is 11.7. The lowest BCUT2D eigenvalue weighted by atomic mass is 9.87. The van der Waals surface area contributed by atoms with Crippen molar-refractivity contribution in [1.82, 2.24) is 20.3 Å². The zero-order valence-corrected chi connectivity index (χ0v) is 18.7. The van der Waals surface area contributed by atoms with E-state index in [1.165, 1.54) is 49.7 Å². The van der Waals surface area contributed by atoms with Crippen LogP contribution in [0.5, 0.6) is 0 Å². The predicted molar refractivity (Wildman–Crippen MR) is 123 cm³/mol. The molecular formula is C24H32N6O2. The molecule has 32 heavy (non-hydrogen) atoms. The summed E-state index contributed by atoms with van der Waals surface area (Å²) in [5, 5.41) is 8.71. The lowest BCUT2D eigenvalue weighted by Gasteiger charge is -2.34. The summed E-state index contributed by atoms with van der Waals surface area (Å²) in [5.41, 5.74) is 4.82. The van der Waals surface area contributed by atoms with E-state index in [0.29, 0.717) is 17.8 Å². The molecule has 0 aliphatic carbocycles. The molecule has 2 aromatic rings. The Balaban J connectivity index is 1.11. The highest BCUT2D eigenvalue weighted by molar-refractivity contribution is 5.92. The third-order valence-corrected chi connectivity index (χ3v) is 7.51. The normalized spacial score (nSPS) is 24.1. The maximum atomic E-state index is 11.4. The van der Waals surface area contributed by atoms with Crippen LogP contribution in [0.15, 0.2) is 36.7 Å². The molecule has 1 aromatic heterocycles. The third-order valence-electron chi connectivity index (χ3n) is 7.51. The van der Waals surface area contributed by atoms with E-state index in [9.17, 15) is 4.79 Å². The summed E-state index contributed by atoms with van der Waals surface area (Å²) in [6, 6.07) is 8.92. The fraction of sp³-hybridized carbons (Fsp3) is 0.542. The van der Waals surface area contributed by atoms with Gasteiger partial charge in [0.1, 0.15) is 0 Å². The first-order valence-corrected chi connectivity index (χ1v) is 11.7. The second kappa shape index (κ2) is 9.03. The summed E-state index contributed by atoms with van der Waals surface area (Å²) in [6.07, 6.45) is 6.50. The molecule has 5 rings (SSSR count). The highest BCUT2D eigenvalue weighted by atomic mass is 16.5. The van der Waals surface area contributed by atoms with Gasteiger partial charge in [-0.05, 0) is 49.3 Å². The number of anilines is 2. The number of nitrogens with zero attached hydrogens (tertiary/aromatic N) is 5. The number of amides is 1. The van der Waals surface area contributed by atoms with E-state index in [4.69, 9.17) is 5.21 Å². The highest BCUT2D eigenvalue weighted by Crippen LogP contribution is 2.42. The largest absolute Gasteiger partial charge is 0.374 e. The van der Waals surface area contributed by atoms with E-state index < -0.39 is 5.91 Å². The van der Waals surface area contributed by atoms with Crippen molar-refractivity contribution in [2.75, 3.05) is 56.1 Å². The maximum absolute atomic E-state index is 11.4. The number of fused-ring (bicyclic) bond motifs is 1. The number of likely N-dealkylation sites (tertiary alicyclic amines) is 1. The molecule has 1 aromatic carbocycles. The van der Waals surface area contributed by atoms with E-state index >= 15 is 0 Å². The van der Waals surface area contributed by atoms with Crippen LogP contribution in [-0.2, 0) is 0 Å². The number of hydrogen-bond acceptors (Lipinski definition) is 7. The van der Waals surface area contributed by atoms with Gasteiger partial charge in [0.2, 0.25) is 5.95 Å². The fourth-order valence-corrected chi connectivity index (χ4v) is 5.75. The minimum Gasteiger partial charge on any atom is -0.374 e. The first kappa shape index (κ1) is 21.2. The molecule has 0 bridgehead atoms. The van der Waals surface area contributed by atoms with Gasteiger partial charge in [0.05, 0.1) is 5.56 Å².